The number of nitrogens with zero attached hydrogens (tertiary/aromatic N) is 1. The molecule has 0 unspecified atom stereocenters. The molecular formula is C66H53NO2. The number of hydrogen-bond acceptors (Lipinski definition) is 3. The third kappa shape index (κ3) is 5.28. The number of benzene rings is 9. The maximum Gasteiger partial charge on any atom is 0.143 e. The summed E-state index contributed by atoms with van der Waals surface area (Å²) < 4.78 is 13.3. The molecule has 2 heterocycles. The Morgan fingerprint density at radius 2 is 0.913 bits per heavy atom. The highest BCUT2D eigenvalue weighted by Crippen LogP contribution is 2.60. The minimum atomic E-state index is -0.291. The zero-order chi connectivity index (χ0) is 47.0. The van der Waals surface area contributed by atoms with Gasteiger partial charge in [-0.3, -0.25) is 0 Å². The third-order valence-electron chi connectivity index (χ3n) is 16.8. The number of aryl methyl sites for hydroxylation is 3. The summed E-state index contributed by atoms with van der Waals surface area (Å²) >= 11 is 0. The Balaban J connectivity index is 0.934. The van der Waals surface area contributed by atoms with Gasteiger partial charge in [0.05, 0.1) is 0 Å². The average Bonchev–Trinajstić information content (AvgIpc) is 4.08. The Bertz CT molecular complexity index is 4090. The second kappa shape index (κ2) is 13.5. The van der Waals surface area contributed by atoms with Crippen LogP contribution >= 0.6 is 0 Å². The van der Waals surface area contributed by atoms with Crippen LogP contribution in [0.1, 0.15) is 91.6 Å². The summed E-state index contributed by atoms with van der Waals surface area (Å²) in [5.41, 5.74) is 28.7. The van der Waals surface area contributed by atoms with Crippen molar-refractivity contribution in [2.24, 2.45) is 0 Å². The van der Waals surface area contributed by atoms with Crippen molar-refractivity contribution in [2.75, 3.05) is 4.90 Å². The van der Waals surface area contributed by atoms with Crippen LogP contribution in [0.15, 0.2) is 167 Å². The largest absolute Gasteiger partial charge is 0.456 e. The molecule has 0 radical (unpaired) electrons. The van der Waals surface area contributed by atoms with Crippen molar-refractivity contribution in [1.29, 1.82) is 0 Å². The molecule has 3 aliphatic carbocycles. The van der Waals surface area contributed by atoms with E-state index in [1.165, 1.54) is 111 Å². The van der Waals surface area contributed by atoms with Crippen molar-refractivity contribution in [3.8, 4) is 44.5 Å². The van der Waals surface area contributed by atoms with E-state index in [4.69, 9.17) is 8.83 Å². The standard InChI is InChI=1S/C66H53NO2/c1-36-22-25-41(38(3)30-36)47-34-54-59(62-45-18-12-15-21-57(45)69-63(47)62)43-27-24-40(32-51(43)66(54,8)9)67(55-19-13-10-16-37(55)2)39-23-26-42-46-33-53-48(35-52(46)65(6,7)50(42)31-39)60-49(64(53,4)5)28-29-58-61(60)44-17-11-14-20-56(44)68-58/h10-35H,1-9H3. The van der Waals surface area contributed by atoms with Crippen molar-refractivity contribution in [3.63, 3.8) is 0 Å². The van der Waals surface area contributed by atoms with E-state index < -0.39 is 0 Å². The highest BCUT2D eigenvalue weighted by atomic mass is 16.3. The summed E-state index contributed by atoms with van der Waals surface area (Å²) in [7, 11) is 0. The normalized spacial score (nSPS) is 15.4. The molecule has 9 aromatic carbocycles. The lowest BCUT2D eigenvalue weighted by molar-refractivity contribution is 0.651. The molecule has 0 saturated heterocycles. The maximum absolute atomic E-state index is 6.86. The molecule has 0 spiro atoms. The number of anilines is 3. The summed E-state index contributed by atoms with van der Waals surface area (Å²) in [5, 5.41) is 4.77. The van der Waals surface area contributed by atoms with E-state index in [0.717, 1.165) is 44.7 Å². The quantitative estimate of drug-likeness (QED) is 0.176. The maximum atomic E-state index is 6.86. The molecule has 3 heteroatoms. The highest BCUT2D eigenvalue weighted by molar-refractivity contribution is 6.19. The number of rotatable bonds is 4. The molecule has 3 nitrogen and oxygen atoms in total. The van der Waals surface area contributed by atoms with Crippen LogP contribution < -0.4 is 4.90 Å². The summed E-state index contributed by atoms with van der Waals surface area (Å²) in [6.07, 6.45) is 0. The lowest BCUT2D eigenvalue weighted by atomic mass is 9.79. The summed E-state index contributed by atoms with van der Waals surface area (Å²) in [5.74, 6) is 0. The summed E-state index contributed by atoms with van der Waals surface area (Å²) in [6.45, 7) is 21.1. The van der Waals surface area contributed by atoms with Crippen LogP contribution in [-0.4, -0.2) is 0 Å². The van der Waals surface area contributed by atoms with Gasteiger partial charge in [0.2, 0.25) is 0 Å². The zero-order valence-electron chi connectivity index (χ0n) is 40.8. The molecule has 2 aromatic heterocycles. The van der Waals surface area contributed by atoms with Gasteiger partial charge in [-0.2, -0.15) is 0 Å². The lowest BCUT2D eigenvalue weighted by Gasteiger charge is -2.30. The van der Waals surface area contributed by atoms with Crippen LogP contribution in [0, 0.1) is 20.8 Å². The van der Waals surface area contributed by atoms with Crippen molar-refractivity contribution >= 4 is 60.9 Å². The van der Waals surface area contributed by atoms with Crippen LogP contribution in [0.25, 0.3) is 88.4 Å². The van der Waals surface area contributed by atoms with Crippen molar-refractivity contribution in [3.05, 3.63) is 208 Å². The van der Waals surface area contributed by atoms with Gasteiger partial charge in [0, 0.05) is 60.4 Å². The van der Waals surface area contributed by atoms with Gasteiger partial charge in [-0.05, 0) is 171 Å². The minimum Gasteiger partial charge on any atom is -0.456 e. The number of para-hydroxylation sites is 3. The Morgan fingerprint density at radius 1 is 0.362 bits per heavy atom. The molecule has 0 amide bonds. The predicted molar refractivity (Wildman–Crippen MR) is 288 cm³/mol. The first kappa shape index (κ1) is 40.4. The van der Waals surface area contributed by atoms with Gasteiger partial charge in [-0.25, -0.2) is 0 Å². The fourth-order valence-electron chi connectivity index (χ4n) is 13.2. The molecule has 0 N–H and O–H groups in total. The monoisotopic (exact) mass is 891 g/mol. The fourth-order valence-corrected chi connectivity index (χ4v) is 13.2. The van der Waals surface area contributed by atoms with Gasteiger partial charge in [0.15, 0.2) is 0 Å². The molecule has 0 bridgehead atoms. The Morgan fingerprint density at radius 3 is 1.65 bits per heavy atom. The molecular weight excluding hydrogens is 839 g/mol. The molecule has 0 saturated carbocycles. The van der Waals surface area contributed by atoms with E-state index in [0.29, 0.717) is 0 Å². The van der Waals surface area contributed by atoms with Crippen molar-refractivity contribution in [2.45, 2.75) is 78.6 Å². The molecule has 0 atom stereocenters. The average molecular weight is 892 g/mol. The fraction of sp³-hybridized carbons (Fsp3) is 0.182. The van der Waals surface area contributed by atoms with Gasteiger partial charge < -0.3 is 13.7 Å². The Kier molecular flexibility index (Phi) is 7.94. The molecule has 0 fully saturated rings. The molecule has 334 valence electrons. The molecule has 11 aromatic rings. The number of fused-ring (bicyclic) bond motifs is 17. The van der Waals surface area contributed by atoms with E-state index in [1.807, 2.05) is 0 Å². The topological polar surface area (TPSA) is 29.5 Å². The van der Waals surface area contributed by atoms with Crippen LogP contribution in [0.3, 0.4) is 0 Å². The molecule has 3 aliphatic rings. The van der Waals surface area contributed by atoms with E-state index in [1.54, 1.807) is 0 Å². The zero-order valence-corrected chi connectivity index (χ0v) is 40.8. The van der Waals surface area contributed by atoms with Crippen molar-refractivity contribution in [1.82, 2.24) is 0 Å². The number of hydrogen-bond donors (Lipinski definition) is 0. The first-order valence-electron chi connectivity index (χ1n) is 24.6. The summed E-state index contributed by atoms with van der Waals surface area (Å²) in [4.78, 5) is 2.50. The predicted octanol–water partition coefficient (Wildman–Crippen LogP) is 18.5. The van der Waals surface area contributed by atoms with Gasteiger partial charge in [0.1, 0.15) is 22.3 Å². The van der Waals surface area contributed by atoms with E-state index in [-0.39, 0.29) is 16.2 Å². The van der Waals surface area contributed by atoms with Gasteiger partial charge in [-0.1, -0.05) is 138 Å². The first-order valence-corrected chi connectivity index (χ1v) is 24.6. The Labute approximate surface area is 403 Å². The molecule has 0 aliphatic heterocycles. The Hall–Kier alpha value is -7.62. The van der Waals surface area contributed by atoms with Crippen LogP contribution in [-0.2, 0) is 16.2 Å². The molecule has 14 rings (SSSR count). The second-order valence-corrected chi connectivity index (χ2v) is 21.8. The van der Waals surface area contributed by atoms with E-state index >= 15 is 0 Å². The third-order valence-corrected chi connectivity index (χ3v) is 16.8. The van der Waals surface area contributed by atoms with Gasteiger partial charge >= 0.3 is 0 Å². The minimum absolute atomic E-state index is 0.167. The molecule has 69 heavy (non-hydrogen) atoms. The van der Waals surface area contributed by atoms with Crippen LogP contribution in [0.5, 0.6) is 0 Å². The second-order valence-electron chi connectivity index (χ2n) is 21.8. The lowest BCUT2D eigenvalue weighted by Crippen LogP contribution is -2.18. The van der Waals surface area contributed by atoms with E-state index in [9.17, 15) is 0 Å². The highest BCUT2D eigenvalue weighted by Gasteiger charge is 2.44. The van der Waals surface area contributed by atoms with Crippen LogP contribution in [0.4, 0.5) is 17.1 Å². The van der Waals surface area contributed by atoms with E-state index in [2.05, 4.69) is 225 Å². The SMILES string of the molecule is Cc1ccc(-c2cc3c(c4c2oc2ccccc24)-c2ccc(N(c4ccc5c(c4)C(C)(C)c4cc6c(cc4-5)C(C)(C)c4ccc5oc7ccccc7c5c4-6)c4ccccc4C)cc2C3(C)C)c(C)c1. The number of furan rings is 2. The van der Waals surface area contributed by atoms with Gasteiger partial charge in [-0.15, -0.1) is 0 Å². The van der Waals surface area contributed by atoms with Gasteiger partial charge in [0.25, 0.3) is 0 Å². The summed E-state index contributed by atoms with van der Waals surface area (Å²) in [6, 6.07) is 59.1. The van der Waals surface area contributed by atoms with Crippen molar-refractivity contribution < 1.29 is 8.83 Å². The first-order chi connectivity index (χ1) is 33.2. The van der Waals surface area contributed by atoms with Crippen LogP contribution in [0.2, 0.25) is 0 Å². The smallest absolute Gasteiger partial charge is 0.143 e.